The summed E-state index contributed by atoms with van der Waals surface area (Å²) in [6.07, 6.45) is 0. The van der Waals surface area contributed by atoms with E-state index in [0.29, 0.717) is 29.1 Å². The monoisotopic (exact) mass is 311 g/mol. The molecule has 2 rings (SSSR count). The van der Waals surface area contributed by atoms with Crippen molar-refractivity contribution < 1.29 is 4.79 Å². The van der Waals surface area contributed by atoms with E-state index in [4.69, 9.17) is 11.6 Å². The first kappa shape index (κ1) is 16.0. The molecule has 7 heteroatoms. The Morgan fingerprint density at radius 3 is 2.90 bits per heavy atom. The first-order valence-corrected chi connectivity index (χ1v) is 7.39. The number of anilines is 1. The molecule has 116 valence electrons. The first-order valence-electron chi connectivity index (χ1n) is 7.02. The highest BCUT2D eigenvalue weighted by Crippen LogP contribution is 2.14. The normalized spacial score (nSPS) is 20.3. The molecule has 1 amide bonds. The van der Waals surface area contributed by atoms with Gasteiger partial charge in [-0.2, -0.15) is 0 Å². The van der Waals surface area contributed by atoms with E-state index in [-0.39, 0.29) is 5.91 Å². The topological polar surface area (TPSA) is 60.5 Å². The summed E-state index contributed by atoms with van der Waals surface area (Å²) >= 11 is 5.92. The number of nitrogens with zero attached hydrogens (tertiary/aromatic N) is 3. The summed E-state index contributed by atoms with van der Waals surface area (Å²) in [6.45, 7) is 3.65. The van der Waals surface area contributed by atoms with Gasteiger partial charge in [0.1, 0.15) is 11.0 Å². The molecule has 1 aliphatic heterocycles. The number of carbonyl (C=O) groups is 1. The highest BCUT2D eigenvalue weighted by atomic mass is 35.5. The third-order valence-corrected chi connectivity index (χ3v) is 3.98. The van der Waals surface area contributed by atoms with Crippen molar-refractivity contribution in [2.75, 3.05) is 52.6 Å². The maximum absolute atomic E-state index is 12.2. The largest absolute Gasteiger partial charge is 0.373 e. The summed E-state index contributed by atoms with van der Waals surface area (Å²) in [5, 5.41) is 6.17. The number of halogens is 1. The van der Waals surface area contributed by atoms with E-state index in [9.17, 15) is 4.79 Å². The van der Waals surface area contributed by atoms with Gasteiger partial charge in [0.05, 0.1) is 0 Å². The van der Waals surface area contributed by atoms with Crippen LogP contribution >= 0.6 is 11.6 Å². The molecule has 0 bridgehead atoms. The minimum atomic E-state index is -0.127. The lowest BCUT2D eigenvalue weighted by Crippen LogP contribution is -2.54. The van der Waals surface area contributed by atoms with Gasteiger partial charge in [-0.25, -0.2) is 4.98 Å². The third-order valence-electron chi connectivity index (χ3n) is 3.79. The smallest absolute Gasteiger partial charge is 0.251 e. The quantitative estimate of drug-likeness (QED) is 0.804. The van der Waals surface area contributed by atoms with Gasteiger partial charge >= 0.3 is 0 Å². The van der Waals surface area contributed by atoms with Crippen LogP contribution in [0.5, 0.6) is 0 Å². The molecule has 1 saturated heterocycles. The van der Waals surface area contributed by atoms with Crippen LogP contribution in [0.25, 0.3) is 0 Å². The Morgan fingerprint density at radius 1 is 1.43 bits per heavy atom. The van der Waals surface area contributed by atoms with Crippen molar-refractivity contribution >= 4 is 23.3 Å². The molecule has 2 heterocycles. The van der Waals surface area contributed by atoms with E-state index in [1.54, 1.807) is 19.2 Å². The molecule has 1 aliphatic rings. The molecule has 0 saturated carbocycles. The minimum absolute atomic E-state index is 0.127. The predicted molar refractivity (Wildman–Crippen MR) is 85.0 cm³/mol. The second kappa shape index (κ2) is 7.06. The van der Waals surface area contributed by atoms with Crippen LogP contribution in [0.15, 0.2) is 12.1 Å². The summed E-state index contributed by atoms with van der Waals surface area (Å²) in [7, 11) is 5.93. The molecular formula is C14H22ClN5O. The number of piperazine rings is 1. The van der Waals surface area contributed by atoms with Crippen LogP contribution in [0.2, 0.25) is 5.15 Å². The van der Waals surface area contributed by atoms with E-state index in [1.165, 1.54) is 0 Å². The van der Waals surface area contributed by atoms with Gasteiger partial charge in [-0.15, -0.1) is 0 Å². The van der Waals surface area contributed by atoms with Crippen molar-refractivity contribution in [2.24, 2.45) is 0 Å². The lowest BCUT2D eigenvalue weighted by atomic mass is 10.1. The Kier molecular flexibility index (Phi) is 5.39. The third kappa shape index (κ3) is 4.30. The second-order valence-electron chi connectivity index (χ2n) is 5.42. The average molecular weight is 312 g/mol. The number of hydrogen-bond donors (Lipinski definition) is 2. The molecule has 1 fully saturated rings. The zero-order chi connectivity index (χ0) is 15.4. The molecule has 0 aliphatic carbocycles. The number of pyridine rings is 1. The molecule has 21 heavy (non-hydrogen) atoms. The van der Waals surface area contributed by atoms with Gasteiger partial charge in [0.2, 0.25) is 0 Å². The number of carbonyl (C=O) groups excluding carboxylic acids is 1. The van der Waals surface area contributed by atoms with E-state index in [2.05, 4.69) is 39.5 Å². The van der Waals surface area contributed by atoms with Gasteiger partial charge in [0.25, 0.3) is 5.91 Å². The Hall–Kier alpha value is -1.37. The van der Waals surface area contributed by atoms with E-state index < -0.39 is 0 Å². The number of aromatic nitrogens is 1. The number of amides is 1. The van der Waals surface area contributed by atoms with Crippen molar-refractivity contribution in [3.8, 4) is 0 Å². The fourth-order valence-corrected chi connectivity index (χ4v) is 2.60. The number of hydrogen-bond acceptors (Lipinski definition) is 5. The Bertz CT molecular complexity index is 510. The number of rotatable bonds is 4. The molecule has 2 N–H and O–H groups in total. The van der Waals surface area contributed by atoms with Crippen LogP contribution < -0.4 is 10.6 Å². The van der Waals surface area contributed by atoms with Gasteiger partial charge in [0.15, 0.2) is 0 Å². The molecule has 1 unspecified atom stereocenters. The Labute approximate surface area is 130 Å². The lowest BCUT2D eigenvalue weighted by Gasteiger charge is -2.37. The van der Waals surface area contributed by atoms with Crippen LogP contribution in [-0.2, 0) is 0 Å². The molecule has 1 aromatic rings. The van der Waals surface area contributed by atoms with Crippen molar-refractivity contribution in [1.82, 2.24) is 20.1 Å². The molecule has 0 spiro atoms. The van der Waals surface area contributed by atoms with E-state index >= 15 is 0 Å². The van der Waals surface area contributed by atoms with Crippen LogP contribution in [-0.4, -0.2) is 74.1 Å². The average Bonchev–Trinajstić information content (AvgIpc) is 2.47. The highest BCUT2D eigenvalue weighted by Gasteiger charge is 2.22. The summed E-state index contributed by atoms with van der Waals surface area (Å²) in [5.74, 6) is 0.458. The van der Waals surface area contributed by atoms with Gasteiger partial charge < -0.3 is 15.5 Å². The molecule has 0 aromatic carbocycles. The van der Waals surface area contributed by atoms with Crippen molar-refractivity contribution in [3.05, 3.63) is 22.8 Å². The van der Waals surface area contributed by atoms with Crippen LogP contribution in [0.4, 0.5) is 5.82 Å². The second-order valence-corrected chi connectivity index (χ2v) is 5.81. The predicted octanol–water partition coefficient (Wildman–Crippen LogP) is 0.752. The molecule has 1 atom stereocenters. The van der Waals surface area contributed by atoms with Crippen LogP contribution in [0, 0.1) is 0 Å². The van der Waals surface area contributed by atoms with Gasteiger partial charge in [0, 0.05) is 44.8 Å². The summed E-state index contributed by atoms with van der Waals surface area (Å²) in [4.78, 5) is 20.9. The maximum atomic E-state index is 12.2. The summed E-state index contributed by atoms with van der Waals surface area (Å²) in [5.41, 5.74) is 0.520. The SMILES string of the molecule is CNc1cc(C(=O)NCC2CN(C)CCN2C)cc(Cl)n1. The van der Waals surface area contributed by atoms with Gasteiger partial charge in [-0.3, -0.25) is 9.69 Å². The maximum Gasteiger partial charge on any atom is 0.251 e. The van der Waals surface area contributed by atoms with E-state index in [0.717, 1.165) is 19.6 Å². The zero-order valence-corrected chi connectivity index (χ0v) is 13.4. The highest BCUT2D eigenvalue weighted by molar-refractivity contribution is 6.29. The standard InChI is InChI=1S/C14H22ClN5O/c1-16-13-7-10(6-12(15)18-13)14(21)17-8-11-9-19(2)4-5-20(11)3/h6-7,11H,4-5,8-9H2,1-3H3,(H,16,18)(H,17,21). The van der Waals surface area contributed by atoms with Crippen LogP contribution in [0.3, 0.4) is 0 Å². The fourth-order valence-electron chi connectivity index (χ4n) is 2.39. The zero-order valence-electron chi connectivity index (χ0n) is 12.7. The summed E-state index contributed by atoms with van der Waals surface area (Å²) in [6, 6.07) is 3.60. The van der Waals surface area contributed by atoms with E-state index in [1.807, 2.05) is 0 Å². The Morgan fingerprint density at radius 2 is 2.19 bits per heavy atom. The molecule has 1 aromatic heterocycles. The van der Waals surface area contributed by atoms with Gasteiger partial charge in [-0.05, 0) is 26.2 Å². The molecular weight excluding hydrogens is 290 g/mol. The Balaban J connectivity index is 1.96. The fraction of sp³-hybridized carbons (Fsp3) is 0.571. The first-order chi connectivity index (χ1) is 9.99. The minimum Gasteiger partial charge on any atom is -0.373 e. The van der Waals surface area contributed by atoms with Crippen molar-refractivity contribution in [3.63, 3.8) is 0 Å². The van der Waals surface area contributed by atoms with Crippen molar-refractivity contribution in [2.45, 2.75) is 6.04 Å². The van der Waals surface area contributed by atoms with Crippen LogP contribution in [0.1, 0.15) is 10.4 Å². The number of nitrogens with one attached hydrogen (secondary N) is 2. The van der Waals surface area contributed by atoms with Crippen molar-refractivity contribution in [1.29, 1.82) is 0 Å². The summed E-state index contributed by atoms with van der Waals surface area (Å²) < 4.78 is 0. The molecule has 0 radical (unpaired) electrons. The van der Waals surface area contributed by atoms with Gasteiger partial charge in [-0.1, -0.05) is 11.6 Å². The number of likely N-dealkylation sites (N-methyl/N-ethyl adjacent to an activating group) is 2. The molecule has 6 nitrogen and oxygen atoms in total. The lowest BCUT2D eigenvalue weighted by molar-refractivity contribution is 0.0881.